The number of amides is 1. The number of nitrogens with one attached hydrogen (secondary N) is 1. The summed E-state index contributed by atoms with van der Waals surface area (Å²) in [6.45, 7) is 3.29. The molecule has 0 aliphatic rings. The van der Waals surface area contributed by atoms with Crippen LogP contribution in [0.1, 0.15) is 44.2 Å². The SMILES string of the molecule is CCCCc1c(F)c(F)c(-n2ncc(C#N)c2NC(=O)CC)c(F)c1F. The van der Waals surface area contributed by atoms with Gasteiger partial charge in [-0.15, -0.1) is 0 Å². The van der Waals surface area contributed by atoms with E-state index in [9.17, 15) is 22.4 Å². The number of carbonyl (C=O) groups excluding carboxylic acids is 1. The lowest BCUT2D eigenvalue weighted by molar-refractivity contribution is -0.115. The molecule has 0 saturated carbocycles. The molecular formula is C17H16F4N4O. The standard InChI is InChI=1S/C17H16F4N4O/c1-3-5-6-10-12(18)14(20)16(15(21)13(10)19)25-17(24-11(26)4-2)9(7-22)8-23-25/h8H,3-6H2,1-2H3,(H,24,26). The molecule has 0 atom stereocenters. The van der Waals surface area contributed by atoms with E-state index in [0.717, 1.165) is 6.20 Å². The van der Waals surface area contributed by atoms with Gasteiger partial charge in [0.05, 0.1) is 6.20 Å². The molecule has 1 aromatic heterocycles. The summed E-state index contributed by atoms with van der Waals surface area (Å²) < 4.78 is 58.0. The molecule has 1 amide bonds. The first-order valence-electron chi connectivity index (χ1n) is 8.00. The van der Waals surface area contributed by atoms with Gasteiger partial charge in [-0.1, -0.05) is 20.3 Å². The van der Waals surface area contributed by atoms with Crippen molar-refractivity contribution in [1.82, 2.24) is 9.78 Å². The minimum atomic E-state index is -1.64. The molecule has 5 nitrogen and oxygen atoms in total. The number of unbranched alkanes of at least 4 members (excludes halogenated alkanes) is 1. The molecule has 1 aromatic carbocycles. The number of halogens is 4. The summed E-state index contributed by atoms with van der Waals surface area (Å²) in [7, 11) is 0. The Labute approximate surface area is 147 Å². The van der Waals surface area contributed by atoms with E-state index in [1.165, 1.54) is 6.92 Å². The topological polar surface area (TPSA) is 70.7 Å². The number of rotatable bonds is 6. The van der Waals surface area contributed by atoms with Crippen LogP contribution in [0.3, 0.4) is 0 Å². The van der Waals surface area contributed by atoms with Crippen molar-refractivity contribution >= 4 is 11.7 Å². The Hall–Kier alpha value is -2.89. The van der Waals surface area contributed by atoms with Gasteiger partial charge in [0.15, 0.2) is 29.1 Å². The quantitative estimate of drug-likeness (QED) is 0.619. The fraction of sp³-hybridized carbons (Fsp3) is 0.353. The lowest BCUT2D eigenvalue weighted by atomic mass is 10.1. The second kappa shape index (κ2) is 7.99. The summed E-state index contributed by atoms with van der Waals surface area (Å²) >= 11 is 0. The van der Waals surface area contributed by atoms with Gasteiger partial charge in [0.2, 0.25) is 5.91 Å². The molecule has 0 saturated heterocycles. The first-order chi connectivity index (χ1) is 12.4. The van der Waals surface area contributed by atoms with E-state index < -0.39 is 40.4 Å². The van der Waals surface area contributed by atoms with Crippen molar-refractivity contribution in [2.45, 2.75) is 39.5 Å². The van der Waals surface area contributed by atoms with Crippen LogP contribution in [0.25, 0.3) is 5.69 Å². The largest absolute Gasteiger partial charge is 0.309 e. The Kier molecular flexibility index (Phi) is 5.97. The van der Waals surface area contributed by atoms with Crippen LogP contribution >= 0.6 is 0 Å². The Morgan fingerprint density at radius 1 is 1.19 bits per heavy atom. The molecule has 0 spiro atoms. The summed E-state index contributed by atoms with van der Waals surface area (Å²) in [6.07, 6.45) is 1.72. The molecule has 1 heterocycles. The Bertz CT molecular complexity index is 857. The minimum absolute atomic E-state index is 0.0136. The molecule has 0 aliphatic carbocycles. The lowest BCUT2D eigenvalue weighted by Crippen LogP contribution is -2.17. The number of hydrogen-bond donors (Lipinski definition) is 1. The summed E-state index contributed by atoms with van der Waals surface area (Å²) in [5.41, 5.74) is -2.02. The van der Waals surface area contributed by atoms with Crippen LogP contribution in [0.15, 0.2) is 6.20 Å². The van der Waals surface area contributed by atoms with E-state index in [1.807, 2.05) is 0 Å². The van der Waals surface area contributed by atoms with Crippen molar-refractivity contribution in [1.29, 1.82) is 5.26 Å². The van der Waals surface area contributed by atoms with Crippen molar-refractivity contribution in [3.8, 4) is 11.8 Å². The van der Waals surface area contributed by atoms with Crippen molar-refractivity contribution in [3.63, 3.8) is 0 Å². The molecule has 2 aromatic rings. The number of aromatic nitrogens is 2. The van der Waals surface area contributed by atoms with Gasteiger partial charge in [-0.25, -0.2) is 22.2 Å². The fourth-order valence-electron chi connectivity index (χ4n) is 2.37. The maximum Gasteiger partial charge on any atom is 0.225 e. The van der Waals surface area contributed by atoms with Crippen molar-refractivity contribution in [2.75, 3.05) is 5.32 Å². The highest BCUT2D eigenvalue weighted by Crippen LogP contribution is 2.30. The monoisotopic (exact) mass is 368 g/mol. The maximum absolute atomic E-state index is 14.5. The molecule has 0 radical (unpaired) electrons. The van der Waals surface area contributed by atoms with Crippen LogP contribution in [-0.4, -0.2) is 15.7 Å². The molecule has 26 heavy (non-hydrogen) atoms. The minimum Gasteiger partial charge on any atom is -0.309 e. The summed E-state index contributed by atoms with van der Waals surface area (Å²) in [5.74, 6) is -7.26. The molecule has 2 rings (SSSR count). The molecule has 138 valence electrons. The Morgan fingerprint density at radius 3 is 2.31 bits per heavy atom. The third kappa shape index (κ3) is 3.40. The second-order valence-corrected chi connectivity index (χ2v) is 5.52. The average Bonchev–Trinajstić information content (AvgIpc) is 3.02. The normalized spacial score (nSPS) is 10.7. The average molecular weight is 368 g/mol. The van der Waals surface area contributed by atoms with Gasteiger partial charge >= 0.3 is 0 Å². The van der Waals surface area contributed by atoms with Gasteiger partial charge in [0, 0.05) is 12.0 Å². The number of benzene rings is 1. The van der Waals surface area contributed by atoms with Crippen LogP contribution < -0.4 is 5.32 Å². The van der Waals surface area contributed by atoms with Crippen LogP contribution in [0.4, 0.5) is 23.4 Å². The van der Waals surface area contributed by atoms with E-state index in [-0.39, 0.29) is 24.2 Å². The third-order valence-electron chi connectivity index (χ3n) is 3.79. The van der Waals surface area contributed by atoms with E-state index in [1.54, 1.807) is 13.0 Å². The van der Waals surface area contributed by atoms with Crippen LogP contribution in [0.2, 0.25) is 0 Å². The van der Waals surface area contributed by atoms with Crippen molar-refractivity contribution < 1.29 is 22.4 Å². The van der Waals surface area contributed by atoms with E-state index in [4.69, 9.17) is 5.26 Å². The lowest BCUT2D eigenvalue weighted by Gasteiger charge is -2.14. The smallest absolute Gasteiger partial charge is 0.225 e. The highest BCUT2D eigenvalue weighted by molar-refractivity contribution is 5.91. The summed E-state index contributed by atoms with van der Waals surface area (Å²) in [4.78, 5) is 11.6. The molecular weight excluding hydrogens is 352 g/mol. The number of carbonyl (C=O) groups is 1. The fourth-order valence-corrected chi connectivity index (χ4v) is 2.37. The number of anilines is 1. The zero-order valence-electron chi connectivity index (χ0n) is 14.2. The van der Waals surface area contributed by atoms with E-state index >= 15 is 0 Å². The van der Waals surface area contributed by atoms with Crippen molar-refractivity contribution in [2.24, 2.45) is 0 Å². The van der Waals surface area contributed by atoms with E-state index in [2.05, 4.69) is 10.4 Å². The third-order valence-corrected chi connectivity index (χ3v) is 3.79. The van der Waals surface area contributed by atoms with Crippen LogP contribution in [-0.2, 0) is 11.2 Å². The maximum atomic E-state index is 14.5. The molecule has 1 N–H and O–H groups in total. The number of nitrogens with zero attached hydrogens (tertiary/aromatic N) is 3. The van der Waals surface area contributed by atoms with E-state index in [0.29, 0.717) is 17.5 Å². The predicted molar refractivity (Wildman–Crippen MR) is 85.6 cm³/mol. The molecule has 9 heteroatoms. The number of nitriles is 1. The zero-order chi connectivity index (χ0) is 19.4. The molecule has 0 aliphatic heterocycles. The van der Waals surface area contributed by atoms with Crippen LogP contribution in [0, 0.1) is 34.6 Å². The highest BCUT2D eigenvalue weighted by atomic mass is 19.2. The van der Waals surface area contributed by atoms with Gasteiger partial charge in [-0.2, -0.15) is 10.4 Å². The van der Waals surface area contributed by atoms with Crippen molar-refractivity contribution in [3.05, 3.63) is 40.6 Å². The van der Waals surface area contributed by atoms with Gasteiger partial charge in [-0.3, -0.25) is 4.79 Å². The summed E-state index contributed by atoms with van der Waals surface area (Å²) in [5, 5.41) is 14.9. The van der Waals surface area contributed by atoms with Gasteiger partial charge < -0.3 is 5.32 Å². The second-order valence-electron chi connectivity index (χ2n) is 5.52. The summed E-state index contributed by atoms with van der Waals surface area (Å²) in [6, 6.07) is 1.69. The Morgan fingerprint density at radius 2 is 1.81 bits per heavy atom. The Balaban J connectivity index is 2.69. The van der Waals surface area contributed by atoms with Gasteiger partial charge in [0.1, 0.15) is 17.3 Å². The molecule has 0 fully saturated rings. The first-order valence-corrected chi connectivity index (χ1v) is 8.00. The predicted octanol–water partition coefficient (Wildman–Crippen LogP) is 3.99. The number of hydrogen-bond acceptors (Lipinski definition) is 3. The first kappa shape index (κ1) is 19.4. The zero-order valence-corrected chi connectivity index (χ0v) is 14.2. The van der Waals surface area contributed by atoms with Gasteiger partial charge in [0.25, 0.3) is 0 Å². The molecule has 0 bridgehead atoms. The van der Waals surface area contributed by atoms with Crippen LogP contribution in [0.5, 0.6) is 0 Å². The highest BCUT2D eigenvalue weighted by Gasteiger charge is 2.29. The van der Waals surface area contributed by atoms with Gasteiger partial charge in [-0.05, 0) is 12.8 Å². The molecule has 0 unspecified atom stereocenters.